The van der Waals surface area contributed by atoms with Crippen LogP contribution in [-0.2, 0) is 14.2 Å². The van der Waals surface area contributed by atoms with Gasteiger partial charge >= 0.3 is 12.1 Å². The van der Waals surface area contributed by atoms with Crippen LogP contribution < -0.4 is 25.8 Å². The van der Waals surface area contributed by atoms with E-state index in [-0.39, 0.29) is 18.7 Å². The molecule has 1 unspecified atom stereocenters. The number of H-pyrrole nitrogens is 3. The highest BCUT2D eigenvalue weighted by atomic mass is 16.6. The first-order valence-electron chi connectivity index (χ1n) is 20.2. The summed E-state index contributed by atoms with van der Waals surface area (Å²) in [5, 5.41) is 27.8. The SMILES string of the molecule is NCCNC(=O)N1CCOCC1.O=C(NCC[C@H](O)COc1cccc2[nH]ccc12)N1CCOCC1.Oc1cccc2[nH]ccc12.c1cc(OCC2CO2)c2cc[nH]c2c1. The molecule has 2 atom stereocenters. The number of carbonyl (C=O) groups excluding carboxylic acids is 2. The molecule has 4 amide bonds. The fourth-order valence-corrected chi connectivity index (χ4v) is 6.33. The Morgan fingerprint density at radius 2 is 1.20 bits per heavy atom. The molecule has 9 rings (SSSR count). The molecule has 17 heteroatoms. The van der Waals surface area contributed by atoms with Gasteiger partial charge in [0.1, 0.15) is 36.6 Å². The maximum Gasteiger partial charge on any atom is 0.317 e. The van der Waals surface area contributed by atoms with Crippen LogP contribution in [0.25, 0.3) is 32.7 Å². The Balaban J connectivity index is 0.000000143. The number of aromatic amines is 3. The van der Waals surface area contributed by atoms with Crippen molar-refractivity contribution in [3.63, 3.8) is 0 Å². The van der Waals surface area contributed by atoms with E-state index in [1.54, 1.807) is 15.9 Å². The van der Waals surface area contributed by atoms with Crippen LogP contribution in [0.1, 0.15) is 6.42 Å². The lowest BCUT2D eigenvalue weighted by atomic mass is 10.2. The lowest BCUT2D eigenvalue weighted by Gasteiger charge is -2.27. The fraction of sp³-hybridized carbons (Fsp3) is 0.395. The first-order valence-corrected chi connectivity index (χ1v) is 20.2. The Morgan fingerprint density at radius 3 is 1.72 bits per heavy atom. The zero-order valence-electron chi connectivity index (χ0n) is 33.6. The van der Waals surface area contributed by atoms with E-state index in [2.05, 4.69) is 25.6 Å². The second kappa shape index (κ2) is 23.0. The highest BCUT2D eigenvalue weighted by Gasteiger charge is 2.23. The number of fused-ring (bicyclic) bond motifs is 3. The van der Waals surface area contributed by atoms with Gasteiger partial charge in [0.25, 0.3) is 0 Å². The molecule has 3 aromatic carbocycles. The maximum atomic E-state index is 11.9. The molecule has 9 N–H and O–H groups in total. The topological polar surface area (TPSA) is 228 Å². The zero-order valence-corrected chi connectivity index (χ0v) is 33.6. The Morgan fingerprint density at radius 1 is 0.717 bits per heavy atom. The minimum atomic E-state index is -0.635. The average molecular weight is 829 g/mol. The first-order chi connectivity index (χ1) is 29.4. The smallest absolute Gasteiger partial charge is 0.317 e. The average Bonchev–Trinajstić information content (AvgIpc) is 3.61. The summed E-state index contributed by atoms with van der Waals surface area (Å²) in [6.45, 7) is 8.12. The number of hydrogen-bond acceptors (Lipinski definition) is 10. The van der Waals surface area contributed by atoms with Crippen molar-refractivity contribution < 1.29 is 43.5 Å². The molecule has 0 spiro atoms. The summed E-state index contributed by atoms with van der Waals surface area (Å²) >= 11 is 0. The number of phenols is 1. The van der Waals surface area contributed by atoms with Crippen LogP contribution in [0.4, 0.5) is 9.59 Å². The van der Waals surface area contributed by atoms with Crippen LogP contribution in [0.3, 0.4) is 0 Å². The van der Waals surface area contributed by atoms with Crippen molar-refractivity contribution in [2.45, 2.75) is 18.6 Å². The van der Waals surface area contributed by atoms with Gasteiger partial charge in [-0.25, -0.2) is 9.59 Å². The number of amides is 4. The summed E-state index contributed by atoms with van der Waals surface area (Å²) in [6, 6.07) is 22.9. The van der Waals surface area contributed by atoms with Crippen molar-refractivity contribution in [1.82, 2.24) is 35.4 Å². The molecule has 17 nitrogen and oxygen atoms in total. The lowest BCUT2D eigenvalue weighted by molar-refractivity contribution is 0.0525. The van der Waals surface area contributed by atoms with Gasteiger partial charge in [-0.1, -0.05) is 18.2 Å². The molecule has 3 aliphatic heterocycles. The van der Waals surface area contributed by atoms with Crippen LogP contribution in [0, 0.1) is 0 Å². The predicted octanol–water partition coefficient (Wildman–Crippen LogP) is 4.15. The van der Waals surface area contributed by atoms with Gasteiger partial charge in [0.2, 0.25) is 0 Å². The Hall–Kier alpha value is -5.98. The van der Waals surface area contributed by atoms with E-state index >= 15 is 0 Å². The number of benzene rings is 3. The number of nitrogens with one attached hydrogen (secondary N) is 5. The molecule has 6 aromatic rings. The number of aromatic nitrogens is 3. The number of nitrogens with zero attached hydrogens (tertiary/aromatic N) is 2. The normalized spacial score (nSPS) is 16.3. The summed E-state index contributed by atoms with van der Waals surface area (Å²) in [7, 11) is 0. The minimum Gasteiger partial charge on any atom is -0.507 e. The summed E-state index contributed by atoms with van der Waals surface area (Å²) in [6.07, 6.45) is 5.71. The number of morpholine rings is 2. The molecular formula is C43H56N8O9. The number of hydrogen-bond donors (Lipinski definition) is 8. The van der Waals surface area contributed by atoms with Gasteiger partial charge < -0.3 is 75.0 Å². The third-order valence-electron chi connectivity index (χ3n) is 9.71. The largest absolute Gasteiger partial charge is 0.507 e. The first kappa shape index (κ1) is 43.6. The van der Waals surface area contributed by atoms with Gasteiger partial charge in [-0.2, -0.15) is 0 Å². The Kier molecular flexibility index (Phi) is 16.7. The van der Waals surface area contributed by atoms with Crippen LogP contribution in [-0.4, -0.2) is 151 Å². The molecule has 3 saturated heterocycles. The summed E-state index contributed by atoms with van der Waals surface area (Å²) in [5.74, 6) is 2.00. The van der Waals surface area contributed by atoms with E-state index < -0.39 is 6.10 Å². The monoisotopic (exact) mass is 828 g/mol. The van der Waals surface area contributed by atoms with E-state index in [4.69, 9.17) is 29.4 Å². The van der Waals surface area contributed by atoms with Crippen LogP contribution in [0.5, 0.6) is 17.2 Å². The molecule has 0 radical (unpaired) electrons. The Bertz CT molecular complexity index is 2190. The number of aliphatic hydroxyl groups excluding tert-OH is 1. The van der Waals surface area contributed by atoms with Crippen LogP contribution in [0.15, 0.2) is 91.4 Å². The number of nitrogens with two attached hydrogens (primary N) is 1. The summed E-state index contributed by atoms with van der Waals surface area (Å²) in [4.78, 5) is 35.9. The lowest BCUT2D eigenvalue weighted by Crippen LogP contribution is -2.47. The minimum absolute atomic E-state index is 0.0382. The van der Waals surface area contributed by atoms with Gasteiger partial charge in [-0.3, -0.25) is 0 Å². The van der Waals surface area contributed by atoms with Crippen molar-refractivity contribution >= 4 is 44.8 Å². The number of ether oxygens (including phenoxy) is 5. The summed E-state index contributed by atoms with van der Waals surface area (Å²) < 4.78 is 26.8. The molecule has 322 valence electrons. The number of rotatable bonds is 11. The van der Waals surface area contributed by atoms with Crippen molar-refractivity contribution in [2.24, 2.45) is 5.73 Å². The number of urea groups is 2. The number of aliphatic hydroxyl groups is 1. The highest BCUT2D eigenvalue weighted by Crippen LogP contribution is 2.26. The molecule has 3 aliphatic rings. The van der Waals surface area contributed by atoms with E-state index in [1.807, 2.05) is 85.3 Å². The third-order valence-corrected chi connectivity index (χ3v) is 9.71. The van der Waals surface area contributed by atoms with Gasteiger partial charge in [-0.05, 0) is 61.0 Å². The number of phenolic OH excluding ortho intramolecular Hbond substituents is 1. The van der Waals surface area contributed by atoms with Crippen molar-refractivity contribution in [1.29, 1.82) is 0 Å². The van der Waals surface area contributed by atoms with E-state index in [0.717, 1.165) is 50.8 Å². The molecular weight excluding hydrogens is 773 g/mol. The quantitative estimate of drug-likeness (QED) is 0.0871. The highest BCUT2D eigenvalue weighted by molar-refractivity contribution is 5.87. The molecule has 60 heavy (non-hydrogen) atoms. The third kappa shape index (κ3) is 13.3. The standard InChI is InChI=1S/C17H23N3O4.C11H11NO2.C8H7NO.C7H15N3O2/c21-13(4-6-19-17(22)20-8-10-23-11-9-20)12-24-16-3-1-2-15-14(16)5-7-18-15;1-2-10-9(4-5-12-10)11(3-1)14-7-8-6-13-8;10-8-3-1-2-7-6(8)4-5-9-7;8-1-2-9-7(11)10-3-5-12-6-4-10/h1-3,5,7,13,18,21H,4,6,8-12H2,(H,19,22);1-5,8,12H,6-7H2;1-5,9-10H;1-6,8H2,(H,9,11)/t13-;;;/m0.../s1. The van der Waals surface area contributed by atoms with Crippen LogP contribution in [0.2, 0.25) is 0 Å². The molecule has 3 aromatic heterocycles. The van der Waals surface area contributed by atoms with E-state index in [9.17, 15) is 19.8 Å². The predicted molar refractivity (Wildman–Crippen MR) is 229 cm³/mol. The van der Waals surface area contributed by atoms with Gasteiger partial charge in [0.05, 0.1) is 39.1 Å². The van der Waals surface area contributed by atoms with Gasteiger partial charge in [0, 0.05) is 97.1 Å². The van der Waals surface area contributed by atoms with Crippen molar-refractivity contribution in [2.75, 3.05) is 92.1 Å². The molecule has 6 heterocycles. The molecule has 0 bridgehead atoms. The molecule has 0 saturated carbocycles. The second-order valence-corrected chi connectivity index (χ2v) is 14.1. The van der Waals surface area contributed by atoms with Crippen LogP contribution >= 0.6 is 0 Å². The fourth-order valence-electron chi connectivity index (χ4n) is 6.33. The molecule has 3 fully saturated rings. The summed E-state index contributed by atoms with van der Waals surface area (Å²) in [5.41, 5.74) is 8.33. The second-order valence-electron chi connectivity index (χ2n) is 14.1. The number of epoxide rings is 1. The van der Waals surface area contributed by atoms with E-state index in [1.165, 1.54) is 0 Å². The van der Waals surface area contributed by atoms with Gasteiger partial charge in [-0.15, -0.1) is 0 Å². The number of aromatic hydroxyl groups is 1. The maximum absolute atomic E-state index is 11.9. The number of carbonyl (C=O) groups is 2. The van der Waals surface area contributed by atoms with Crippen molar-refractivity contribution in [3.8, 4) is 17.2 Å². The Labute approximate surface area is 348 Å². The van der Waals surface area contributed by atoms with Gasteiger partial charge in [0.15, 0.2) is 0 Å². The van der Waals surface area contributed by atoms with E-state index in [0.29, 0.717) is 97.1 Å². The van der Waals surface area contributed by atoms with Crippen molar-refractivity contribution in [3.05, 3.63) is 91.4 Å². The molecule has 0 aliphatic carbocycles. The zero-order chi connectivity index (χ0) is 41.9.